The van der Waals surface area contributed by atoms with Crippen LogP contribution >= 0.6 is 0 Å². The van der Waals surface area contributed by atoms with Crippen molar-refractivity contribution in [3.05, 3.63) is 41.6 Å². The van der Waals surface area contributed by atoms with Crippen LogP contribution < -0.4 is 5.73 Å². The lowest BCUT2D eigenvalue weighted by Gasteiger charge is -2.04. The molecular weight excluding hydrogens is 234 g/mol. The Balaban J connectivity index is 2.43. The van der Waals surface area contributed by atoms with Crippen molar-refractivity contribution in [2.24, 2.45) is 0 Å². The van der Waals surface area contributed by atoms with Gasteiger partial charge in [-0.25, -0.2) is 9.48 Å². The van der Waals surface area contributed by atoms with E-state index in [2.05, 4.69) is 5.10 Å². The van der Waals surface area contributed by atoms with Gasteiger partial charge in [0.05, 0.1) is 11.9 Å². The van der Waals surface area contributed by atoms with Crippen molar-refractivity contribution >= 4 is 17.6 Å². The van der Waals surface area contributed by atoms with Gasteiger partial charge >= 0.3 is 5.97 Å². The molecule has 0 atom stereocenters. The van der Waals surface area contributed by atoms with E-state index in [0.717, 1.165) is 0 Å². The lowest BCUT2D eigenvalue weighted by atomic mass is 10.1. The summed E-state index contributed by atoms with van der Waals surface area (Å²) in [7, 11) is 0. The number of carboxylic acid groups (broad SMARTS) is 1. The Hall–Kier alpha value is -2.63. The molecule has 18 heavy (non-hydrogen) atoms. The van der Waals surface area contributed by atoms with Gasteiger partial charge in [0.1, 0.15) is 11.4 Å². The number of benzene rings is 1. The number of aromatic carboxylic acids is 1. The fraction of sp³-hybridized carbons (Fsp3) is 0.0833. The van der Waals surface area contributed by atoms with Crippen LogP contribution in [-0.2, 0) is 0 Å². The first-order valence-electron chi connectivity index (χ1n) is 5.19. The van der Waals surface area contributed by atoms with Crippen LogP contribution in [-0.4, -0.2) is 26.6 Å². The van der Waals surface area contributed by atoms with E-state index in [-0.39, 0.29) is 17.2 Å². The summed E-state index contributed by atoms with van der Waals surface area (Å²) in [5.41, 5.74) is 6.81. The van der Waals surface area contributed by atoms with E-state index in [1.165, 1.54) is 17.8 Å². The van der Waals surface area contributed by atoms with Crippen LogP contribution in [0.1, 0.15) is 27.6 Å². The average molecular weight is 245 g/mol. The number of ketones is 1. The molecule has 3 N–H and O–H groups in total. The van der Waals surface area contributed by atoms with E-state index in [1.807, 2.05) is 0 Å². The van der Waals surface area contributed by atoms with Crippen LogP contribution in [0.4, 0.5) is 5.82 Å². The molecule has 0 unspecified atom stereocenters. The van der Waals surface area contributed by atoms with Gasteiger partial charge in [-0.05, 0) is 31.2 Å². The first kappa shape index (κ1) is 11.8. The lowest BCUT2D eigenvalue weighted by molar-refractivity contribution is 0.0698. The second-order valence-electron chi connectivity index (χ2n) is 3.76. The van der Waals surface area contributed by atoms with Crippen molar-refractivity contribution in [2.75, 3.05) is 5.73 Å². The van der Waals surface area contributed by atoms with E-state index in [1.54, 1.807) is 24.3 Å². The van der Waals surface area contributed by atoms with E-state index in [0.29, 0.717) is 11.3 Å². The van der Waals surface area contributed by atoms with Crippen LogP contribution in [0.5, 0.6) is 0 Å². The standard InChI is InChI=1S/C12H11N3O3/c1-7(16)8-2-4-9(5-3-8)15-11(13)10(6-14-15)12(17)18/h2-6H,13H2,1H3,(H,17,18). The fourth-order valence-corrected chi connectivity index (χ4v) is 1.57. The molecule has 0 aliphatic heterocycles. The molecule has 2 aromatic rings. The SMILES string of the molecule is CC(=O)c1ccc(-n2ncc(C(=O)O)c2N)cc1. The van der Waals surface area contributed by atoms with Crippen LogP contribution in [0.25, 0.3) is 5.69 Å². The number of rotatable bonds is 3. The van der Waals surface area contributed by atoms with Gasteiger partial charge in [-0.1, -0.05) is 0 Å². The van der Waals surface area contributed by atoms with Gasteiger partial charge in [-0.15, -0.1) is 0 Å². The maximum absolute atomic E-state index is 11.1. The molecule has 1 aromatic carbocycles. The van der Waals surface area contributed by atoms with Gasteiger partial charge in [-0.2, -0.15) is 5.10 Å². The molecule has 92 valence electrons. The number of hydrogen-bond acceptors (Lipinski definition) is 4. The van der Waals surface area contributed by atoms with Gasteiger partial charge in [0, 0.05) is 5.56 Å². The second kappa shape index (κ2) is 4.33. The van der Waals surface area contributed by atoms with Gasteiger partial charge in [0.2, 0.25) is 0 Å². The Morgan fingerprint density at radius 2 is 1.89 bits per heavy atom. The summed E-state index contributed by atoms with van der Waals surface area (Å²) in [6, 6.07) is 6.59. The highest BCUT2D eigenvalue weighted by Gasteiger charge is 2.14. The van der Waals surface area contributed by atoms with Gasteiger partial charge in [-0.3, -0.25) is 4.79 Å². The number of anilines is 1. The lowest BCUT2D eigenvalue weighted by Crippen LogP contribution is -2.06. The molecule has 1 heterocycles. The number of carboxylic acids is 1. The second-order valence-corrected chi connectivity index (χ2v) is 3.76. The zero-order valence-corrected chi connectivity index (χ0v) is 9.62. The summed E-state index contributed by atoms with van der Waals surface area (Å²) in [6.07, 6.45) is 1.19. The molecule has 0 saturated carbocycles. The Morgan fingerprint density at radius 1 is 1.28 bits per heavy atom. The van der Waals surface area contributed by atoms with Crippen molar-refractivity contribution in [3.63, 3.8) is 0 Å². The zero-order chi connectivity index (χ0) is 13.3. The average Bonchev–Trinajstić information content (AvgIpc) is 2.71. The Morgan fingerprint density at radius 3 is 2.33 bits per heavy atom. The molecular formula is C12H11N3O3. The smallest absolute Gasteiger partial charge is 0.341 e. The number of Topliss-reactive ketones (excluding diaryl/α,β-unsaturated/α-hetero) is 1. The van der Waals surface area contributed by atoms with Crippen molar-refractivity contribution in [2.45, 2.75) is 6.92 Å². The van der Waals surface area contributed by atoms with Gasteiger partial charge in [0.15, 0.2) is 5.78 Å². The Kier molecular flexibility index (Phi) is 2.85. The Bertz CT molecular complexity index is 614. The first-order chi connectivity index (χ1) is 8.50. The van der Waals surface area contributed by atoms with Crippen LogP contribution in [0.3, 0.4) is 0 Å². The topological polar surface area (TPSA) is 98.2 Å². The number of hydrogen-bond donors (Lipinski definition) is 2. The number of carbonyl (C=O) groups is 2. The molecule has 0 amide bonds. The molecule has 6 nitrogen and oxygen atoms in total. The number of nitrogens with zero attached hydrogens (tertiary/aromatic N) is 2. The third kappa shape index (κ3) is 1.95. The molecule has 2 rings (SSSR count). The van der Waals surface area contributed by atoms with Crippen LogP contribution in [0, 0.1) is 0 Å². The van der Waals surface area contributed by atoms with Crippen molar-refractivity contribution < 1.29 is 14.7 Å². The van der Waals surface area contributed by atoms with Crippen LogP contribution in [0.15, 0.2) is 30.5 Å². The molecule has 6 heteroatoms. The van der Waals surface area contributed by atoms with Gasteiger partial charge in [0.25, 0.3) is 0 Å². The summed E-state index contributed by atoms with van der Waals surface area (Å²) in [5.74, 6) is -1.11. The van der Waals surface area contributed by atoms with E-state index in [9.17, 15) is 9.59 Å². The molecule has 0 radical (unpaired) electrons. The number of nitrogens with two attached hydrogens (primary N) is 1. The molecule has 0 fully saturated rings. The molecule has 0 aliphatic rings. The summed E-state index contributed by atoms with van der Waals surface area (Å²) in [4.78, 5) is 22.0. The predicted octanol–water partition coefficient (Wildman–Crippen LogP) is 1.36. The normalized spacial score (nSPS) is 10.3. The van der Waals surface area contributed by atoms with Crippen molar-refractivity contribution in [1.29, 1.82) is 0 Å². The van der Waals surface area contributed by atoms with Crippen molar-refractivity contribution in [3.8, 4) is 5.69 Å². The molecule has 0 bridgehead atoms. The number of nitrogen functional groups attached to an aromatic ring is 1. The minimum atomic E-state index is -1.13. The predicted molar refractivity (Wildman–Crippen MR) is 64.9 cm³/mol. The minimum Gasteiger partial charge on any atom is -0.477 e. The molecule has 0 saturated heterocycles. The largest absolute Gasteiger partial charge is 0.477 e. The molecule has 1 aromatic heterocycles. The summed E-state index contributed by atoms with van der Waals surface area (Å²) in [5, 5.41) is 12.8. The maximum Gasteiger partial charge on any atom is 0.341 e. The third-order valence-corrected chi connectivity index (χ3v) is 2.56. The van der Waals surface area contributed by atoms with E-state index < -0.39 is 5.97 Å². The van der Waals surface area contributed by atoms with E-state index >= 15 is 0 Å². The van der Waals surface area contributed by atoms with Crippen molar-refractivity contribution in [1.82, 2.24) is 9.78 Å². The first-order valence-corrected chi connectivity index (χ1v) is 5.19. The fourth-order valence-electron chi connectivity index (χ4n) is 1.57. The zero-order valence-electron chi connectivity index (χ0n) is 9.62. The van der Waals surface area contributed by atoms with E-state index in [4.69, 9.17) is 10.8 Å². The summed E-state index contributed by atoms with van der Waals surface area (Å²) < 4.78 is 1.31. The quantitative estimate of drug-likeness (QED) is 0.795. The third-order valence-electron chi connectivity index (χ3n) is 2.56. The summed E-state index contributed by atoms with van der Waals surface area (Å²) in [6.45, 7) is 1.47. The van der Waals surface area contributed by atoms with Crippen LogP contribution in [0.2, 0.25) is 0 Å². The molecule has 0 spiro atoms. The number of aromatic nitrogens is 2. The highest BCUT2D eigenvalue weighted by Crippen LogP contribution is 2.17. The summed E-state index contributed by atoms with van der Waals surface area (Å²) >= 11 is 0. The monoisotopic (exact) mass is 245 g/mol. The number of carbonyl (C=O) groups excluding carboxylic acids is 1. The molecule has 0 aliphatic carbocycles. The Labute approximate surface area is 103 Å². The minimum absolute atomic E-state index is 0.0405. The maximum atomic E-state index is 11.1. The highest BCUT2D eigenvalue weighted by atomic mass is 16.4. The van der Waals surface area contributed by atoms with Gasteiger partial charge < -0.3 is 10.8 Å². The highest BCUT2D eigenvalue weighted by molar-refractivity contribution is 5.94.